The third-order valence-corrected chi connectivity index (χ3v) is 7.11. The number of fused-ring (bicyclic) bond motifs is 2. The van der Waals surface area contributed by atoms with Gasteiger partial charge in [0.1, 0.15) is 0 Å². The van der Waals surface area contributed by atoms with E-state index in [-0.39, 0.29) is 16.7 Å². The van der Waals surface area contributed by atoms with Crippen LogP contribution in [-0.2, 0) is 5.41 Å². The lowest BCUT2D eigenvalue weighted by Crippen LogP contribution is -2.46. The maximum Gasteiger partial charge on any atom is 0.251 e. The van der Waals surface area contributed by atoms with Gasteiger partial charge in [0.2, 0.25) is 0 Å². The predicted molar refractivity (Wildman–Crippen MR) is 95.6 cm³/mol. The molecule has 0 aromatic heterocycles. The summed E-state index contributed by atoms with van der Waals surface area (Å²) in [6, 6.07) is 8.42. The van der Waals surface area contributed by atoms with Crippen LogP contribution in [-0.4, -0.2) is 11.9 Å². The minimum absolute atomic E-state index is 0.0834. The molecule has 3 atom stereocenters. The summed E-state index contributed by atoms with van der Waals surface area (Å²) in [4.78, 5) is 12.7. The molecule has 0 saturated heterocycles. The van der Waals surface area contributed by atoms with E-state index in [0.29, 0.717) is 11.5 Å². The molecule has 0 unspecified atom stereocenters. The third-order valence-electron chi connectivity index (χ3n) is 7.11. The van der Waals surface area contributed by atoms with Crippen LogP contribution in [0.1, 0.15) is 76.7 Å². The summed E-state index contributed by atoms with van der Waals surface area (Å²) in [5.41, 5.74) is 2.74. The molecular weight excluding hydrogens is 282 g/mol. The molecular formula is C21H31NO. The van der Waals surface area contributed by atoms with Gasteiger partial charge in [0, 0.05) is 11.6 Å². The van der Waals surface area contributed by atoms with Crippen LogP contribution in [0.25, 0.3) is 0 Å². The van der Waals surface area contributed by atoms with Crippen molar-refractivity contribution in [3.8, 4) is 0 Å². The van der Waals surface area contributed by atoms with Gasteiger partial charge in [0.05, 0.1) is 0 Å². The topological polar surface area (TPSA) is 29.1 Å². The van der Waals surface area contributed by atoms with Crippen molar-refractivity contribution < 1.29 is 4.79 Å². The predicted octanol–water partition coefficient (Wildman–Crippen LogP) is 4.93. The molecule has 2 aliphatic rings. The minimum atomic E-state index is 0.0834. The first-order valence-corrected chi connectivity index (χ1v) is 8.97. The molecule has 2 fully saturated rings. The smallest absolute Gasteiger partial charge is 0.251 e. The molecule has 2 saturated carbocycles. The Morgan fingerprint density at radius 1 is 1.13 bits per heavy atom. The van der Waals surface area contributed by atoms with Gasteiger partial charge in [-0.15, -0.1) is 0 Å². The second-order valence-corrected chi connectivity index (χ2v) is 9.46. The molecule has 2 bridgehead atoms. The lowest BCUT2D eigenvalue weighted by molar-refractivity contribution is 0.0826. The highest BCUT2D eigenvalue weighted by Gasteiger charge is 2.61. The molecule has 0 spiro atoms. The summed E-state index contributed by atoms with van der Waals surface area (Å²) < 4.78 is 0. The first kappa shape index (κ1) is 16.5. The SMILES string of the molecule is CC(C)(C)c1ccc(C(=O)N[C@@H]2C[C@@H]3CC[C@@]2(C)C3(C)C)cc1. The summed E-state index contributed by atoms with van der Waals surface area (Å²) in [6.07, 6.45) is 3.68. The van der Waals surface area contributed by atoms with E-state index >= 15 is 0 Å². The highest BCUT2D eigenvalue weighted by molar-refractivity contribution is 5.94. The van der Waals surface area contributed by atoms with E-state index in [0.717, 1.165) is 17.9 Å². The molecule has 2 aliphatic carbocycles. The van der Waals surface area contributed by atoms with Crippen molar-refractivity contribution in [3.05, 3.63) is 35.4 Å². The van der Waals surface area contributed by atoms with Gasteiger partial charge >= 0.3 is 0 Å². The van der Waals surface area contributed by atoms with Crippen LogP contribution in [0, 0.1) is 16.7 Å². The standard InChI is InChI=1S/C21H31NO/c1-19(2,3)15-9-7-14(8-10-15)18(23)22-17-13-16-11-12-21(17,6)20(16,4)5/h7-10,16-17H,11-13H2,1-6H3,(H,22,23)/t16-,17+,21+/m0/s1. The van der Waals surface area contributed by atoms with Gasteiger partial charge in [0.25, 0.3) is 5.91 Å². The van der Waals surface area contributed by atoms with E-state index in [4.69, 9.17) is 0 Å². The van der Waals surface area contributed by atoms with Gasteiger partial charge in [-0.05, 0) is 59.1 Å². The van der Waals surface area contributed by atoms with E-state index in [9.17, 15) is 4.79 Å². The lowest BCUT2D eigenvalue weighted by atomic mass is 9.69. The number of rotatable bonds is 2. The van der Waals surface area contributed by atoms with Crippen LogP contribution >= 0.6 is 0 Å². The van der Waals surface area contributed by atoms with Crippen molar-refractivity contribution in [1.82, 2.24) is 5.32 Å². The zero-order valence-corrected chi connectivity index (χ0v) is 15.5. The lowest BCUT2D eigenvalue weighted by Gasteiger charge is -2.39. The first-order valence-electron chi connectivity index (χ1n) is 8.97. The number of carbonyl (C=O) groups is 1. The Hall–Kier alpha value is -1.31. The van der Waals surface area contributed by atoms with Crippen LogP contribution in [0.3, 0.4) is 0 Å². The number of amides is 1. The van der Waals surface area contributed by atoms with E-state index in [1.807, 2.05) is 12.1 Å². The van der Waals surface area contributed by atoms with Gasteiger partial charge in [-0.1, -0.05) is 53.7 Å². The van der Waals surface area contributed by atoms with E-state index < -0.39 is 0 Å². The Balaban J connectivity index is 1.74. The van der Waals surface area contributed by atoms with Crippen LogP contribution < -0.4 is 5.32 Å². The summed E-state index contributed by atoms with van der Waals surface area (Å²) in [7, 11) is 0. The molecule has 2 heteroatoms. The second-order valence-electron chi connectivity index (χ2n) is 9.46. The summed E-state index contributed by atoms with van der Waals surface area (Å²) in [6.45, 7) is 13.7. The fraction of sp³-hybridized carbons (Fsp3) is 0.667. The molecule has 1 aromatic carbocycles. The number of benzene rings is 1. The van der Waals surface area contributed by atoms with Gasteiger partial charge < -0.3 is 5.32 Å². The fourth-order valence-corrected chi connectivity index (χ4v) is 4.79. The number of nitrogens with one attached hydrogen (secondary N) is 1. The van der Waals surface area contributed by atoms with Crippen molar-refractivity contribution in [3.63, 3.8) is 0 Å². The monoisotopic (exact) mass is 313 g/mol. The Labute approximate surface area is 141 Å². The molecule has 1 amide bonds. The Bertz CT molecular complexity index is 608. The van der Waals surface area contributed by atoms with Crippen LogP contribution in [0.15, 0.2) is 24.3 Å². The zero-order chi connectivity index (χ0) is 17.0. The largest absolute Gasteiger partial charge is 0.349 e. The van der Waals surface area contributed by atoms with Crippen molar-refractivity contribution in [2.24, 2.45) is 16.7 Å². The van der Waals surface area contributed by atoms with Gasteiger partial charge in [-0.25, -0.2) is 0 Å². The molecule has 126 valence electrons. The Morgan fingerprint density at radius 2 is 1.74 bits per heavy atom. The fourth-order valence-electron chi connectivity index (χ4n) is 4.79. The summed E-state index contributed by atoms with van der Waals surface area (Å²) in [5.74, 6) is 0.834. The summed E-state index contributed by atoms with van der Waals surface area (Å²) in [5, 5.41) is 3.34. The van der Waals surface area contributed by atoms with Gasteiger partial charge in [-0.3, -0.25) is 4.79 Å². The van der Waals surface area contributed by atoms with Crippen molar-refractivity contribution in [1.29, 1.82) is 0 Å². The Kier molecular flexibility index (Phi) is 3.66. The van der Waals surface area contributed by atoms with Crippen molar-refractivity contribution in [2.75, 3.05) is 0 Å². The van der Waals surface area contributed by atoms with Crippen LogP contribution in [0.5, 0.6) is 0 Å². The second kappa shape index (κ2) is 5.09. The highest BCUT2D eigenvalue weighted by Crippen LogP contribution is 2.65. The molecule has 1 N–H and O–H groups in total. The Morgan fingerprint density at radius 3 is 2.17 bits per heavy atom. The molecule has 0 radical (unpaired) electrons. The third kappa shape index (κ3) is 2.51. The molecule has 0 heterocycles. The molecule has 1 aromatic rings. The van der Waals surface area contributed by atoms with Crippen molar-refractivity contribution >= 4 is 5.91 Å². The first-order chi connectivity index (χ1) is 10.6. The van der Waals surface area contributed by atoms with Gasteiger partial charge in [-0.2, -0.15) is 0 Å². The molecule has 3 rings (SSSR count). The van der Waals surface area contributed by atoms with Crippen LogP contribution in [0.4, 0.5) is 0 Å². The maximum absolute atomic E-state index is 12.7. The average Bonchev–Trinajstić information content (AvgIpc) is 2.80. The average molecular weight is 313 g/mol. The molecule has 23 heavy (non-hydrogen) atoms. The van der Waals surface area contributed by atoms with Gasteiger partial charge in [0.15, 0.2) is 0 Å². The maximum atomic E-state index is 12.7. The van der Waals surface area contributed by atoms with E-state index in [1.54, 1.807) is 0 Å². The zero-order valence-electron chi connectivity index (χ0n) is 15.5. The molecule has 2 nitrogen and oxygen atoms in total. The highest BCUT2D eigenvalue weighted by atomic mass is 16.1. The quantitative estimate of drug-likeness (QED) is 0.824. The van der Waals surface area contributed by atoms with E-state index in [1.165, 1.54) is 18.4 Å². The summed E-state index contributed by atoms with van der Waals surface area (Å²) >= 11 is 0. The number of carbonyl (C=O) groups excluding carboxylic acids is 1. The minimum Gasteiger partial charge on any atom is -0.349 e. The van der Waals surface area contributed by atoms with Crippen molar-refractivity contribution in [2.45, 2.75) is 72.3 Å². The normalized spacial score (nSPS) is 32.1. The number of hydrogen-bond acceptors (Lipinski definition) is 1. The van der Waals surface area contributed by atoms with Crippen LogP contribution in [0.2, 0.25) is 0 Å². The van der Waals surface area contributed by atoms with E-state index in [2.05, 4.69) is 59.0 Å². The molecule has 0 aliphatic heterocycles. The number of hydrogen-bond donors (Lipinski definition) is 1.